The van der Waals surface area contributed by atoms with Gasteiger partial charge in [-0.15, -0.1) is 0 Å². The molecular weight excluding hydrogens is 320 g/mol. The van der Waals surface area contributed by atoms with E-state index in [1.807, 2.05) is 0 Å². The molecule has 0 aliphatic heterocycles. The number of rotatable bonds is 3. The molecular formula is C13H8BrF2NO2. The van der Waals surface area contributed by atoms with E-state index in [0.29, 0.717) is 4.47 Å². The molecule has 0 aliphatic rings. The number of benzene rings is 2. The highest BCUT2D eigenvalue weighted by atomic mass is 79.9. The van der Waals surface area contributed by atoms with Crippen molar-refractivity contribution >= 4 is 33.3 Å². The van der Waals surface area contributed by atoms with Crippen molar-refractivity contribution in [2.75, 3.05) is 5.32 Å². The van der Waals surface area contributed by atoms with Gasteiger partial charge >= 0.3 is 5.97 Å². The minimum Gasteiger partial charge on any atom is -0.478 e. The number of nitrogens with one attached hydrogen (secondary N) is 1. The lowest BCUT2D eigenvalue weighted by Crippen LogP contribution is -2.05. The maximum absolute atomic E-state index is 13.7. The van der Waals surface area contributed by atoms with Crippen molar-refractivity contribution in [1.29, 1.82) is 0 Å². The van der Waals surface area contributed by atoms with E-state index < -0.39 is 17.6 Å². The van der Waals surface area contributed by atoms with E-state index in [9.17, 15) is 13.6 Å². The average molecular weight is 328 g/mol. The highest BCUT2D eigenvalue weighted by Gasteiger charge is 2.15. The molecule has 0 aliphatic carbocycles. The van der Waals surface area contributed by atoms with Gasteiger partial charge in [-0.2, -0.15) is 0 Å². The zero-order valence-electron chi connectivity index (χ0n) is 9.45. The summed E-state index contributed by atoms with van der Waals surface area (Å²) in [6.45, 7) is 0. The molecule has 19 heavy (non-hydrogen) atoms. The Morgan fingerprint density at radius 1 is 1.21 bits per heavy atom. The standard InChI is InChI=1S/C13H8BrF2NO2/c14-9-5-4-7(15)6-11(9)17-12-8(13(18)19)2-1-3-10(12)16/h1-6,17H,(H,18,19). The van der Waals surface area contributed by atoms with Crippen molar-refractivity contribution < 1.29 is 18.7 Å². The van der Waals surface area contributed by atoms with Crippen molar-refractivity contribution in [3.05, 3.63) is 58.1 Å². The molecule has 2 aromatic rings. The van der Waals surface area contributed by atoms with Crippen LogP contribution in [0.5, 0.6) is 0 Å². The van der Waals surface area contributed by atoms with Crippen molar-refractivity contribution in [2.45, 2.75) is 0 Å². The third-order valence-corrected chi connectivity index (χ3v) is 3.12. The van der Waals surface area contributed by atoms with Gasteiger partial charge in [-0.05, 0) is 46.3 Å². The topological polar surface area (TPSA) is 49.3 Å². The second kappa shape index (κ2) is 5.36. The van der Waals surface area contributed by atoms with E-state index in [2.05, 4.69) is 21.2 Å². The lowest BCUT2D eigenvalue weighted by atomic mass is 10.1. The Balaban J connectivity index is 2.49. The Morgan fingerprint density at radius 2 is 1.95 bits per heavy atom. The zero-order valence-corrected chi connectivity index (χ0v) is 11.0. The first-order valence-corrected chi connectivity index (χ1v) is 6.02. The van der Waals surface area contributed by atoms with Crippen LogP contribution < -0.4 is 5.32 Å². The van der Waals surface area contributed by atoms with Gasteiger partial charge in [0.05, 0.1) is 16.9 Å². The number of carboxylic acids is 1. The molecule has 0 bridgehead atoms. The summed E-state index contributed by atoms with van der Waals surface area (Å²) >= 11 is 3.18. The molecule has 0 radical (unpaired) electrons. The van der Waals surface area contributed by atoms with E-state index >= 15 is 0 Å². The van der Waals surface area contributed by atoms with Crippen molar-refractivity contribution in [1.82, 2.24) is 0 Å². The highest BCUT2D eigenvalue weighted by Crippen LogP contribution is 2.30. The number of para-hydroxylation sites is 1. The van der Waals surface area contributed by atoms with E-state index in [-0.39, 0.29) is 16.9 Å². The molecule has 0 aromatic heterocycles. The van der Waals surface area contributed by atoms with Crippen LogP contribution in [0.15, 0.2) is 40.9 Å². The van der Waals surface area contributed by atoms with Gasteiger partial charge in [0, 0.05) is 4.47 Å². The molecule has 0 saturated carbocycles. The Labute approximate surface area is 116 Å². The van der Waals surface area contributed by atoms with E-state index in [4.69, 9.17) is 5.11 Å². The Kier molecular flexibility index (Phi) is 3.80. The normalized spacial score (nSPS) is 10.3. The fourth-order valence-corrected chi connectivity index (χ4v) is 1.90. The molecule has 3 nitrogen and oxygen atoms in total. The molecule has 6 heteroatoms. The quantitative estimate of drug-likeness (QED) is 0.889. The largest absolute Gasteiger partial charge is 0.478 e. The lowest BCUT2D eigenvalue weighted by Gasteiger charge is -2.12. The maximum atomic E-state index is 13.7. The van der Waals surface area contributed by atoms with Crippen LogP contribution in [0.4, 0.5) is 20.2 Å². The Morgan fingerprint density at radius 3 is 2.63 bits per heavy atom. The van der Waals surface area contributed by atoms with Crippen molar-refractivity contribution in [3.8, 4) is 0 Å². The first-order chi connectivity index (χ1) is 8.99. The number of aromatic carboxylic acids is 1. The monoisotopic (exact) mass is 327 g/mol. The number of hydrogen-bond donors (Lipinski definition) is 2. The van der Waals surface area contributed by atoms with Crippen LogP contribution in [-0.4, -0.2) is 11.1 Å². The molecule has 0 heterocycles. The molecule has 0 atom stereocenters. The summed E-state index contributed by atoms with van der Waals surface area (Å²) in [4.78, 5) is 11.0. The van der Waals surface area contributed by atoms with Crippen LogP contribution >= 0.6 is 15.9 Å². The van der Waals surface area contributed by atoms with Crippen LogP contribution in [0.25, 0.3) is 0 Å². The third kappa shape index (κ3) is 2.90. The van der Waals surface area contributed by atoms with Crippen molar-refractivity contribution in [3.63, 3.8) is 0 Å². The second-order valence-corrected chi connectivity index (χ2v) is 4.57. The maximum Gasteiger partial charge on any atom is 0.337 e. The predicted octanol–water partition coefficient (Wildman–Crippen LogP) is 4.17. The fraction of sp³-hybridized carbons (Fsp3) is 0. The molecule has 2 rings (SSSR count). The Bertz CT molecular complexity index is 647. The summed E-state index contributed by atoms with van der Waals surface area (Å²) < 4.78 is 27.3. The Hall–Kier alpha value is -1.95. The zero-order chi connectivity index (χ0) is 14.0. The number of anilines is 2. The minimum atomic E-state index is -1.27. The molecule has 0 amide bonds. The van der Waals surface area contributed by atoms with E-state index in [1.165, 1.54) is 24.3 Å². The van der Waals surface area contributed by atoms with Crippen LogP contribution in [0.3, 0.4) is 0 Å². The summed E-state index contributed by atoms with van der Waals surface area (Å²) in [6, 6.07) is 7.50. The summed E-state index contributed by atoms with van der Waals surface area (Å²) in [5.74, 6) is -2.51. The van der Waals surface area contributed by atoms with E-state index in [1.54, 1.807) is 0 Å². The molecule has 0 unspecified atom stereocenters. The predicted molar refractivity (Wildman–Crippen MR) is 70.7 cm³/mol. The minimum absolute atomic E-state index is 0.207. The van der Waals surface area contributed by atoms with Crippen LogP contribution in [0.1, 0.15) is 10.4 Å². The van der Waals surface area contributed by atoms with Crippen LogP contribution in [0.2, 0.25) is 0 Å². The van der Waals surface area contributed by atoms with Gasteiger partial charge in [-0.1, -0.05) is 6.07 Å². The number of carbonyl (C=O) groups is 1. The second-order valence-electron chi connectivity index (χ2n) is 3.72. The molecule has 2 N–H and O–H groups in total. The van der Waals surface area contributed by atoms with Gasteiger partial charge in [0.2, 0.25) is 0 Å². The number of carboxylic acid groups (broad SMARTS) is 1. The SMILES string of the molecule is O=C(O)c1cccc(F)c1Nc1cc(F)ccc1Br. The van der Waals surface area contributed by atoms with Gasteiger partial charge in [-0.25, -0.2) is 13.6 Å². The summed E-state index contributed by atoms with van der Waals surface area (Å²) in [5, 5.41) is 11.6. The molecule has 2 aromatic carbocycles. The van der Waals surface area contributed by atoms with Gasteiger partial charge in [0.15, 0.2) is 0 Å². The molecule has 98 valence electrons. The van der Waals surface area contributed by atoms with Crippen LogP contribution in [0, 0.1) is 11.6 Å². The molecule has 0 saturated heterocycles. The van der Waals surface area contributed by atoms with Gasteiger partial charge < -0.3 is 10.4 Å². The van der Waals surface area contributed by atoms with E-state index in [0.717, 1.165) is 12.1 Å². The number of hydrogen-bond acceptors (Lipinski definition) is 2. The summed E-state index contributed by atoms with van der Waals surface area (Å²) in [6.07, 6.45) is 0. The molecule has 0 fully saturated rings. The van der Waals surface area contributed by atoms with Crippen molar-refractivity contribution in [2.24, 2.45) is 0 Å². The lowest BCUT2D eigenvalue weighted by molar-refractivity contribution is 0.0697. The fourth-order valence-electron chi connectivity index (χ4n) is 1.56. The summed E-state index contributed by atoms with van der Waals surface area (Å²) in [5.41, 5.74) is -0.190. The highest BCUT2D eigenvalue weighted by molar-refractivity contribution is 9.10. The van der Waals surface area contributed by atoms with Gasteiger partial charge in [-0.3, -0.25) is 0 Å². The first-order valence-electron chi connectivity index (χ1n) is 5.23. The third-order valence-electron chi connectivity index (χ3n) is 2.43. The summed E-state index contributed by atoms with van der Waals surface area (Å²) in [7, 11) is 0. The van der Waals surface area contributed by atoms with Gasteiger partial charge in [0.1, 0.15) is 11.6 Å². The smallest absolute Gasteiger partial charge is 0.337 e. The van der Waals surface area contributed by atoms with Gasteiger partial charge in [0.25, 0.3) is 0 Å². The van der Waals surface area contributed by atoms with Crippen LogP contribution in [-0.2, 0) is 0 Å². The number of halogens is 3. The molecule has 0 spiro atoms. The first kappa shape index (κ1) is 13.5. The average Bonchev–Trinajstić information content (AvgIpc) is 2.35.